The van der Waals surface area contributed by atoms with E-state index in [4.69, 9.17) is 9.47 Å². The van der Waals surface area contributed by atoms with Crippen molar-refractivity contribution >= 4 is 0 Å². The van der Waals surface area contributed by atoms with Crippen molar-refractivity contribution in [2.45, 2.75) is 20.0 Å². The van der Waals surface area contributed by atoms with Crippen LogP contribution in [0.25, 0.3) is 0 Å². The van der Waals surface area contributed by atoms with Gasteiger partial charge in [-0.25, -0.2) is 0 Å². The lowest BCUT2D eigenvalue weighted by atomic mass is 10.2. The van der Waals surface area contributed by atoms with Gasteiger partial charge in [0.2, 0.25) is 0 Å². The van der Waals surface area contributed by atoms with Crippen molar-refractivity contribution in [2.24, 2.45) is 0 Å². The van der Waals surface area contributed by atoms with E-state index in [1.807, 2.05) is 43.3 Å². The maximum absolute atomic E-state index is 5.64. The van der Waals surface area contributed by atoms with E-state index < -0.39 is 0 Å². The van der Waals surface area contributed by atoms with Crippen LogP contribution in [0.3, 0.4) is 0 Å². The first-order valence-corrected chi connectivity index (χ1v) is 6.57. The van der Waals surface area contributed by atoms with Crippen molar-refractivity contribution in [1.29, 1.82) is 0 Å². The molecule has 0 aromatic heterocycles. The van der Waals surface area contributed by atoms with Crippen molar-refractivity contribution in [3.8, 4) is 5.75 Å². The second kappa shape index (κ2) is 7.59. The fraction of sp³-hybridized carbons (Fsp3) is 0.294. The van der Waals surface area contributed by atoms with Crippen LogP contribution >= 0.6 is 0 Å². The highest BCUT2D eigenvalue weighted by Crippen LogP contribution is 2.12. The third-order valence-corrected chi connectivity index (χ3v) is 2.73. The third kappa shape index (κ3) is 5.14. The Morgan fingerprint density at radius 1 is 1.05 bits per heavy atom. The van der Waals surface area contributed by atoms with Crippen LogP contribution in [0.5, 0.6) is 5.75 Å². The van der Waals surface area contributed by atoms with Gasteiger partial charge in [0.25, 0.3) is 0 Å². The Balaban J connectivity index is 1.58. The summed E-state index contributed by atoms with van der Waals surface area (Å²) in [5, 5.41) is 0. The zero-order valence-electron chi connectivity index (χ0n) is 11.3. The second-order valence-corrected chi connectivity index (χ2v) is 4.45. The van der Waals surface area contributed by atoms with Crippen molar-refractivity contribution in [1.82, 2.24) is 0 Å². The van der Waals surface area contributed by atoms with Gasteiger partial charge in [-0.3, -0.25) is 0 Å². The van der Waals surface area contributed by atoms with Gasteiger partial charge in [-0.15, -0.1) is 0 Å². The van der Waals surface area contributed by atoms with Gasteiger partial charge in [-0.2, -0.15) is 0 Å². The van der Waals surface area contributed by atoms with Gasteiger partial charge in [-0.1, -0.05) is 36.4 Å². The molecule has 2 aromatic rings. The van der Waals surface area contributed by atoms with Gasteiger partial charge in [0, 0.05) is 6.42 Å². The van der Waals surface area contributed by atoms with Gasteiger partial charge in [0.15, 0.2) is 0 Å². The summed E-state index contributed by atoms with van der Waals surface area (Å²) >= 11 is 0. The van der Waals surface area contributed by atoms with E-state index in [2.05, 4.69) is 18.2 Å². The van der Waals surface area contributed by atoms with Crippen LogP contribution in [0, 0.1) is 13.0 Å². The zero-order chi connectivity index (χ0) is 13.3. The molecule has 0 saturated carbocycles. The molecule has 0 N–H and O–H groups in total. The van der Waals surface area contributed by atoms with Gasteiger partial charge in [-0.05, 0) is 36.2 Å². The SMILES string of the molecule is Cc1[c]ccc(OCCCOCc2ccccc2)c1. The zero-order valence-corrected chi connectivity index (χ0v) is 11.3. The van der Waals surface area contributed by atoms with Crippen LogP contribution in [0.15, 0.2) is 48.5 Å². The summed E-state index contributed by atoms with van der Waals surface area (Å²) in [5.41, 5.74) is 2.30. The molecule has 2 aromatic carbocycles. The minimum atomic E-state index is 0.667. The highest BCUT2D eigenvalue weighted by atomic mass is 16.5. The average molecular weight is 255 g/mol. The molecule has 1 radical (unpaired) electrons. The summed E-state index contributed by atoms with van der Waals surface area (Å²) in [4.78, 5) is 0. The van der Waals surface area contributed by atoms with Gasteiger partial charge in [0.1, 0.15) is 5.75 Å². The molecule has 0 spiro atoms. The Hall–Kier alpha value is -1.80. The average Bonchev–Trinajstić information content (AvgIpc) is 2.44. The van der Waals surface area contributed by atoms with Crippen molar-refractivity contribution in [3.05, 3.63) is 65.7 Å². The Labute approximate surface area is 115 Å². The molecule has 0 bridgehead atoms. The smallest absolute Gasteiger partial charge is 0.119 e. The van der Waals surface area contributed by atoms with Crippen LogP contribution in [0.4, 0.5) is 0 Å². The van der Waals surface area contributed by atoms with E-state index in [0.717, 1.165) is 17.7 Å². The molecule has 0 unspecified atom stereocenters. The number of hydrogen-bond acceptors (Lipinski definition) is 2. The topological polar surface area (TPSA) is 18.5 Å². The highest BCUT2D eigenvalue weighted by molar-refractivity contribution is 5.26. The Morgan fingerprint density at radius 3 is 2.68 bits per heavy atom. The molecule has 0 fully saturated rings. The van der Waals surface area contributed by atoms with Crippen LogP contribution in [0.1, 0.15) is 17.5 Å². The van der Waals surface area contributed by atoms with Crippen molar-refractivity contribution in [3.63, 3.8) is 0 Å². The van der Waals surface area contributed by atoms with Crippen LogP contribution in [-0.4, -0.2) is 13.2 Å². The molecule has 2 heteroatoms. The largest absolute Gasteiger partial charge is 0.493 e. The summed E-state index contributed by atoms with van der Waals surface area (Å²) in [7, 11) is 0. The molecule has 0 heterocycles. The Kier molecular flexibility index (Phi) is 5.45. The summed E-state index contributed by atoms with van der Waals surface area (Å²) < 4.78 is 11.2. The maximum atomic E-state index is 5.64. The molecule has 0 saturated heterocycles. The summed E-state index contributed by atoms with van der Waals surface area (Å²) in [5.74, 6) is 0.902. The van der Waals surface area contributed by atoms with E-state index in [1.54, 1.807) is 0 Å². The summed E-state index contributed by atoms with van der Waals surface area (Å²) in [6.07, 6.45) is 0.893. The Morgan fingerprint density at radius 2 is 1.89 bits per heavy atom. The first-order chi connectivity index (χ1) is 9.34. The minimum absolute atomic E-state index is 0.667. The molecule has 19 heavy (non-hydrogen) atoms. The molecular weight excluding hydrogens is 236 g/mol. The number of hydrogen-bond donors (Lipinski definition) is 0. The predicted octanol–water partition coefficient (Wildman–Crippen LogP) is 3.78. The minimum Gasteiger partial charge on any atom is -0.493 e. The summed E-state index contributed by atoms with van der Waals surface area (Å²) in [6.45, 7) is 4.07. The lowest BCUT2D eigenvalue weighted by Crippen LogP contribution is -2.03. The first kappa shape index (κ1) is 13.6. The molecule has 2 nitrogen and oxygen atoms in total. The van der Waals surface area contributed by atoms with E-state index in [9.17, 15) is 0 Å². The number of rotatable bonds is 7. The monoisotopic (exact) mass is 255 g/mol. The lowest BCUT2D eigenvalue weighted by Gasteiger charge is -2.07. The van der Waals surface area contributed by atoms with Crippen LogP contribution < -0.4 is 4.74 Å². The molecule has 0 aliphatic carbocycles. The second-order valence-electron chi connectivity index (χ2n) is 4.45. The molecule has 2 rings (SSSR count). The third-order valence-electron chi connectivity index (χ3n) is 2.73. The molecular formula is C17H19O2. The molecule has 0 aliphatic rings. The van der Waals surface area contributed by atoms with Crippen molar-refractivity contribution < 1.29 is 9.47 Å². The first-order valence-electron chi connectivity index (χ1n) is 6.57. The van der Waals surface area contributed by atoms with E-state index >= 15 is 0 Å². The van der Waals surface area contributed by atoms with E-state index in [0.29, 0.717) is 19.8 Å². The highest BCUT2D eigenvalue weighted by Gasteiger charge is 1.95. The fourth-order valence-corrected chi connectivity index (χ4v) is 1.76. The fourth-order valence-electron chi connectivity index (χ4n) is 1.76. The molecule has 99 valence electrons. The number of aryl methyl sites for hydroxylation is 1. The molecule has 0 amide bonds. The molecule has 0 aliphatic heterocycles. The maximum Gasteiger partial charge on any atom is 0.119 e. The van der Waals surface area contributed by atoms with Gasteiger partial charge in [0.05, 0.1) is 19.8 Å². The van der Waals surface area contributed by atoms with Crippen LogP contribution in [0.2, 0.25) is 0 Å². The predicted molar refractivity (Wildman–Crippen MR) is 76.2 cm³/mol. The number of benzene rings is 2. The normalized spacial score (nSPS) is 10.4. The number of ether oxygens (including phenoxy) is 2. The van der Waals surface area contributed by atoms with Crippen LogP contribution in [-0.2, 0) is 11.3 Å². The lowest BCUT2D eigenvalue weighted by molar-refractivity contribution is 0.107. The van der Waals surface area contributed by atoms with Gasteiger partial charge >= 0.3 is 0 Å². The van der Waals surface area contributed by atoms with Crippen molar-refractivity contribution in [2.75, 3.05) is 13.2 Å². The quantitative estimate of drug-likeness (QED) is 0.701. The van der Waals surface area contributed by atoms with Gasteiger partial charge < -0.3 is 9.47 Å². The molecule has 0 atom stereocenters. The Bertz CT molecular complexity index is 480. The summed E-state index contributed by atoms with van der Waals surface area (Å²) in [6, 6.07) is 19.1. The van der Waals surface area contributed by atoms with E-state index in [-0.39, 0.29) is 0 Å². The standard InChI is InChI=1S/C17H19O2/c1-15-7-5-10-17(13-15)19-12-6-11-18-14-16-8-3-2-4-9-16/h2-5,8-10,13H,6,11-12,14H2,1H3. The van der Waals surface area contributed by atoms with E-state index in [1.165, 1.54) is 5.56 Å².